The molecule has 10 heteroatoms. The van der Waals surface area contributed by atoms with Crippen LogP contribution in [0, 0.1) is 5.82 Å². The van der Waals surface area contributed by atoms with Gasteiger partial charge in [0.15, 0.2) is 0 Å². The molecule has 8 nitrogen and oxygen atoms in total. The van der Waals surface area contributed by atoms with E-state index in [0.29, 0.717) is 12.1 Å². The minimum atomic E-state index is -3.70. The van der Waals surface area contributed by atoms with Crippen LogP contribution in [0.3, 0.4) is 0 Å². The van der Waals surface area contributed by atoms with Gasteiger partial charge in [0.2, 0.25) is 15.9 Å². The van der Waals surface area contributed by atoms with Gasteiger partial charge in [-0.2, -0.15) is 0 Å². The quantitative estimate of drug-likeness (QED) is 0.666. The standard InChI is InChI=1S/C23H28FN3O5S/c1-23(2,3)26-33(30,31)19-11-9-17(10-12-19)25-21(28)20-13-18(32-4)14-27(20)22(29)15-5-7-16(24)8-6-15/h5-12,18,20,26H,13-14H2,1-4H3,(H,25,28)/t18-,20-/m0/s1. The molecule has 2 atom stereocenters. The maximum absolute atomic E-state index is 13.2. The summed E-state index contributed by atoms with van der Waals surface area (Å²) in [5.74, 6) is -1.28. The Bertz CT molecular complexity index is 1110. The first-order valence-electron chi connectivity index (χ1n) is 10.4. The van der Waals surface area contributed by atoms with Gasteiger partial charge < -0.3 is 15.0 Å². The summed E-state index contributed by atoms with van der Waals surface area (Å²) in [6.07, 6.45) is -0.0156. The summed E-state index contributed by atoms with van der Waals surface area (Å²) in [4.78, 5) is 27.4. The second-order valence-electron chi connectivity index (χ2n) is 8.94. The number of sulfonamides is 1. The van der Waals surface area contributed by atoms with Crippen LogP contribution in [0.2, 0.25) is 0 Å². The summed E-state index contributed by atoms with van der Waals surface area (Å²) in [7, 11) is -2.19. The van der Waals surface area contributed by atoms with Crippen LogP contribution in [0.25, 0.3) is 0 Å². The maximum atomic E-state index is 13.2. The molecule has 1 aliphatic rings. The Labute approximate surface area is 193 Å². The summed E-state index contributed by atoms with van der Waals surface area (Å²) < 4.78 is 46.1. The molecule has 33 heavy (non-hydrogen) atoms. The van der Waals surface area contributed by atoms with E-state index in [1.807, 2.05) is 0 Å². The lowest BCUT2D eigenvalue weighted by Gasteiger charge is -2.24. The second-order valence-corrected chi connectivity index (χ2v) is 10.6. The van der Waals surface area contributed by atoms with Gasteiger partial charge in [0, 0.05) is 36.9 Å². The summed E-state index contributed by atoms with van der Waals surface area (Å²) in [5.41, 5.74) is 0.0312. The lowest BCUT2D eigenvalue weighted by molar-refractivity contribution is -0.119. The van der Waals surface area contributed by atoms with Crippen LogP contribution in [0.4, 0.5) is 10.1 Å². The summed E-state index contributed by atoms with van der Waals surface area (Å²) in [6.45, 7) is 5.45. The average molecular weight is 478 g/mol. The number of rotatable bonds is 6. The number of nitrogens with zero attached hydrogens (tertiary/aromatic N) is 1. The molecule has 2 N–H and O–H groups in total. The molecule has 178 valence electrons. The second kappa shape index (κ2) is 9.58. The molecule has 1 saturated heterocycles. The molecule has 3 rings (SSSR count). The number of methoxy groups -OCH3 is 1. The van der Waals surface area contributed by atoms with Crippen molar-refractivity contribution in [3.05, 3.63) is 59.9 Å². The molecular weight excluding hydrogens is 449 g/mol. The molecule has 1 heterocycles. The summed E-state index contributed by atoms with van der Waals surface area (Å²) in [6, 6.07) is 10.1. The van der Waals surface area contributed by atoms with E-state index in [1.165, 1.54) is 60.5 Å². The molecule has 0 bridgehead atoms. The fourth-order valence-electron chi connectivity index (χ4n) is 3.60. The van der Waals surface area contributed by atoms with Gasteiger partial charge in [0.1, 0.15) is 11.9 Å². The highest BCUT2D eigenvalue weighted by Crippen LogP contribution is 2.25. The molecule has 1 fully saturated rings. The highest BCUT2D eigenvalue weighted by molar-refractivity contribution is 7.89. The molecule has 0 saturated carbocycles. The zero-order valence-corrected chi connectivity index (χ0v) is 19.8. The Morgan fingerprint density at radius 3 is 2.21 bits per heavy atom. The Balaban J connectivity index is 1.75. The minimum absolute atomic E-state index is 0.0730. The molecule has 0 aliphatic carbocycles. The zero-order chi connectivity index (χ0) is 24.4. The molecular formula is C23H28FN3O5S. The van der Waals surface area contributed by atoms with E-state index >= 15 is 0 Å². The van der Waals surface area contributed by atoms with Crippen LogP contribution in [0.1, 0.15) is 37.6 Å². The van der Waals surface area contributed by atoms with E-state index in [2.05, 4.69) is 10.0 Å². The number of benzene rings is 2. The van der Waals surface area contributed by atoms with Crippen LogP contribution in [-0.2, 0) is 19.6 Å². The van der Waals surface area contributed by atoms with Crippen molar-refractivity contribution < 1.29 is 27.1 Å². The summed E-state index contributed by atoms with van der Waals surface area (Å²) >= 11 is 0. The van der Waals surface area contributed by atoms with Gasteiger partial charge in [-0.05, 0) is 69.3 Å². The van der Waals surface area contributed by atoms with E-state index in [9.17, 15) is 22.4 Å². The van der Waals surface area contributed by atoms with Crippen molar-refractivity contribution in [1.29, 1.82) is 0 Å². The number of nitrogens with one attached hydrogen (secondary N) is 2. The molecule has 2 amide bonds. The first-order chi connectivity index (χ1) is 15.4. The third kappa shape index (κ3) is 6.16. The summed E-state index contributed by atoms with van der Waals surface area (Å²) in [5, 5.41) is 2.74. The fourth-order valence-corrected chi connectivity index (χ4v) is 5.02. The number of hydrogen-bond donors (Lipinski definition) is 2. The lowest BCUT2D eigenvalue weighted by Crippen LogP contribution is -2.43. The highest BCUT2D eigenvalue weighted by Gasteiger charge is 2.40. The Kier molecular flexibility index (Phi) is 7.20. The van der Waals surface area contributed by atoms with Crippen LogP contribution in [0.15, 0.2) is 53.4 Å². The number of carbonyl (C=O) groups excluding carboxylic acids is 2. The van der Waals surface area contributed by atoms with Gasteiger partial charge in [-0.3, -0.25) is 9.59 Å². The predicted molar refractivity (Wildman–Crippen MR) is 122 cm³/mol. The van der Waals surface area contributed by atoms with Crippen molar-refractivity contribution in [2.45, 2.75) is 49.8 Å². The largest absolute Gasteiger partial charge is 0.380 e. The Morgan fingerprint density at radius 2 is 1.67 bits per heavy atom. The number of halogens is 1. The normalized spacial score (nSPS) is 18.9. The van der Waals surface area contributed by atoms with Crippen LogP contribution in [0.5, 0.6) is 0 Å². The van der Waals surface area contributed by atoms with E-state index in [0.717, 1.165) is 0 Å². The first kappa shape index (κ1) is 24.8. The number of amides is 2. The number of anilines is 1. The average Bonchev–Trinajstić information content (AvgIpc) is 3.17. The third-order valence-electron chi connectivity index (χ3n) is 5.12. The fraction of sp³-hybridized carbons (Fsp3) is 0.391. The highest BCUT2D eigenvalue weighted by atomic mass is 32.2. The van der Waals surface area contributed by atoms with E-state index in [4.69, 9.17) is 4.74 Å². The van der Waals surface area contributed by atoms with E-state index in [1.54, 1.807) is 20.8 Å². The van der Waals surface area contributed by atoms with Crippen molar-refractivity contribution in [2.24, 2.45) is 0 Å². The SMILES string of the molecule is CO[C@H]1C[C@@H](C(=O)Nc2ccc(S(=O)(=O)NC(C)(C)C)cc2)N(C(=O)c2ccc(F)cc2)C1. The van der Waals surface area contributed by atoms with Crippen molar-refractivity contribution in [1.82, 2.24) is 9.62 Å². The third-order valence-corrected chi connectivity index (χ3v) is 6.90. The van der Waals surface area contributed by atoms with Crippen LogP contribution >= 0.6 is 0 Å². The number of ether oxygens (including phenoxy) is 1. The van der Waals surface area contributed by atoms with Crippen molar-refractivity contribution in [3.63, 3.8) is 0 Å². The van der Waals surface area contributed by atoms with Crippen molar-refractivity contribution in [2.75, 3.05) is 19.0 Å². The lowest BCUT2D eigenvalue weighted by atomic mass is 10.1. The van der Waals surface area contributed by atoms with Gasteiger partial charge in [0.05, 0.1) is 11.0 Å². The Hall–Kier alpha value is -2.82. The molecule has 0 aromatic heterocycles. The molecule has 1 aliphatic heterocycles. The van der Waals surface area contributed by atoms with Crippen LogP contribution in [-0.4, -0.2) is 56.5 Å². The van der Waals surface area contributed by atoms with Crippen molar-refractivity contribution in [3.8, 4) is 0 Å². The van der Waals surface area contributed by atoms with Gasteiger partial charge >= 0.3 is 0 Å². The maximum Gasteiger partial charge on any atom is 0.254 e. The Morgan fingerprint density at radius 1 is 1.06 bits per heavy atom. The molecule has 0 radical (unpaired) electrons. The van der Waals surface area contributed by atoms with Gasteiger partial charge in [-0.1, -0.05) is 0 Å². The van der Waals surface area contributed by atoms with Crippen molar-refractivity contribution >= 4 is 27.5 Å². The molecule has 2 aromatic carbocycles. The number of likely N-dealkylation sites (tertiary alicyclic amines) is 1. The van der Waals surface area contributed by atoms with Gasteiger partial charge in [-0.15, -0.1) is 0 Å². The number of hydrogen-bond acceptors (Lipinski definition) is 5. The monoisotopic (exact) mass is 477 g/mol. The van der Waals surface area contributed by atoms with E-state index < -0.39 is 39.2 Å². The first-order valence-corrected chi connectivity index (χ1v) is 11.9. The zero-order valence-electron chi connectivity index (χ0n) is 19.0. The van der Waals surface area contributed by atoms with Crippen LogP contribution < -0.4 is 10.0 Å². The van der Waals surface area contributed by atoms with Gasteiger partial charge in [-0.25, -0.2) is 17.5 Å². The minimum Gasteiger partial charge on any atom is -0.380 e. The number of carbonyl (C=O) groups is 2. The predicted octanol–water partition coefficient (Wildman–Crippen LogP) is 2.77. The smallest absolute Gasteiger partial charge is 0.254 e. The van der Waals surface area contributed by atoms with Gasteiger partial charge in [0.25, 0.3) is 5.91 Å². The van der Waals surface area contributed by atoms with E-state index in [-0.39, 0.29) is 23.1 Å². The molecule has 0 unspecified atom stereocenters. The topological polar surface area (TPSA) is 105 Å². The molecule has 2 aromatic rings. The molecule has 0 spiro atoms.